The van der Waals surface area contributed by atoms with Gasteiger partial charge in [-0.15, -0.1) is 0 Å². The molecular weight excluding hydrogens is 436 g/mol. The number of urea groups is 1. The van der Waals surface area contributed by atoms with Crippen LogP contribution in [0.15, 0.2) is 12.1 Å². The topological polar surface area (TPSA) is 99.9 Å². The van der Waals surface area contributed by atoms with Crippen molar-refractivity contribution in [3.8, 4) is 0 Å². The van der Waals surface area contributed by atoms with Crippen molar-refractivity contribution < 1.29 is 28.3 Å². The second-order valence-electron chi connectivity index (χ2n) is 7.50. The zero-order valence-electron chi connectivity index (χ0n) is 16.7. The molecule has 31 heavy (non-hydrogen) atoms. The first-order chi connectivity index (χ1) is 14.7. The number of benzene rings is 1. The number of hydrogen-bond donors (Lipinski definition) is 2. The second-order valence-corrected chi connectivity index (χ2v) is 7.88. The average molecular weight is 456 g/mol. The number of aliphatic hydroxyl groups excluding tert-OH is 1. The lowest BCUT2D eigenvalue weighted by Gasteiger charge is -2.33. The normalized spacial score (nSPS) is 20.9. The number of nitrogens with zero attached hydrogens (tertiary/aromatic N) is 4. The van der Waals surface area contributed by atoms with Crippen LogP contribution >= 0.6 is 11.6 Å². The van der Waals surface area contributed by atoms with Crippen LogP contribution in [0, 0.1) is 11.6 Å². The Hall–Kier alpha value is -2.76. The molecule has 2 aliphatic rings. The van der Waals surface area contributed by atoms with E-state index >= 15 is 0 Å². The molecule has 0 saturated carbocycles. The minimum atomic E-state index is -1.07. The van der Waals surface area contributed by atoms with Gasteiger partial charge in [0.1, 0.15) is 22.6 Å². The lowest BCUT2D eigenvalue weighted by molar-refractivity contribution is -0.159. The van der Waals surface area contributed by atoms with Gasteiger partial charge in [0.15, 0.2) is 5.82 Å². The van der Waals surface area contributed by atoms with Crippen molar-refractivity contribution in [2.45, 2.75) is 38.6 Å². The third-order valence-corrected chi connectivity index (χ3v) is 5.74. The quantitative estimate of drug-likeness (QED) is 0.676. The Bertz CT molecular complexity index is 1060. The van der Waals surface area contributed by atoms with Gasteiger partial charge in [0.25, 0.3) is 5.91 Å². The molecule has 2 aromatic rings. The summed E-state index contributed by atoms with van der Waals surface area (Å²) in [6.45, 7) is 1.74. The zero-order chi connectivity index (χ0) is 22.4. The van der Waals surface area contributed by atoms with E-state index in [1.54, 1.807) is 6.92 Å². The molecule has 9 nitrogen and oxygen atoms in total. The Morgan fingerprint density at radius 3 is 2.87 bits per heavy atom. The Morgan fingerprint density at radius 2 is 2.16 bits per heavy atom. The first-order valence-electron chi connectivity index (χ1n) is 9.56. The number of anilines is 1. The Balaban J connectivity index is 1.63. The molecule has 2 aliphatic heterocycles. The molecule has 2 atom stereocenters. The fourth-order valence-corrected chi connectivity index (χ4v) is 3.95. The van der Waals surface area contributed by atoms with Crippen molar-refractivity contribution in [2.75, 3.05) is 19.0 Å². The van der Waals surface area contributed by atoms with Crippen LogP contribution in [-0.4, -0.2) is 62.6 Å². The highest BCUT2D eigenvalue weighted by molar-refractivity contribution is 6.31. The minimum absolute atomic E-state index is 0.0532. The summed E-state index contributed by atoms with van der Waals surface area (Å²) in [4.78, 5) is 32.5. The van der Waals surface area contributed by atoms with Crippen molar-refractivity contribution in [1.29, 1.82) is 0 Å². The number of hydroxylamine groups is 2. The molecule has 0 fully saturated rings. The monoisotopic (exact) mass is 455 g/mol. The van der Waals surface area contributed by atoms with Crippen LogP contribution in [-0.2, 0) is 24.3 Å². The van der Waals surface area contributed by atoms with Gasteiger partial charge in [0.2, 0.25) is 0 Å². The van der Waals surface area contributed by atoms with E-state index in [1.165, 1.54) is 16.6 Å². The molecule has 3 amide bonds. The molecule has 0 radical (unpaired) electrons. The van der Waals surface area contributed by atoms with Crippen molar-refractivity contribution in [3.05, 3.63) is 45.7 Å². The molecule has 3 heterocycles. The van der Waals surface area contributed by atoms with Gasteiger partial charge >= 0.3 is 6.03 Å². The molecule has 0 bridgehead atoms. The molecule has 0 saturated heterocycles. The lowest BCUT2D eigenvalue weighted by atomic mass is 9.99. The van der Waals surface area contributed by atoms with E-state index in [0.29, 0.717) is 17.7 Å². The number of amides is 3. The van der Waals surface area contributed by atoms with Crippen molar-refractivity contribution >= 4 is 29.2 Å². The third kappa shape index (κ3) is 3.73. The Morgan fingerprint density at radius 1 is 1.42 bits per heavy atom. The second kappa shape index (κ2) is 8.06. The van der Waals surface area contributed by atoms with Gasteiger partial charge in [-0.1, -0.05) is 11.6 Å². The summed E-state index contributed by atoms with van der Waals surface area (Å²) in [7, 11) is 1.44. The predicted molar refractivity (Wildman–Crippen MR) is 105 cm³/mol. The standard InChI is InChI=1S/C19H20ClF2N5O4/c1-9-5-14-11(17-18(29)25(2)31-10(8-28)6-27(17)24-14)7-26(9)19(30)23-13-4-3-12(21)15(20)16(13)22/h3-4,9-10,28H,5-8H2,1-2H3,(H,23,30)/t9-,10?/m1/s1. The number of aliphatic hydroxyl groups is 1. The van der Waals surface area contributed by atoms with Crippen LogP contribution in [0.4, 0.5) is 19.3 Å². The molecule has 166 valence electrons. The number of rotatable bonds is 2. The lowest BCUT2D eigenvalue weighted by Crippen LogP contribution is -2.45. The van der Waals surface area contributed by atoms with E-state index in [0.717, 1.165) is 17.2 Å². The molecule has 2 N–H and O–H groups in total. The van der Waals surface area contributed by atoms with Crippen LogP contribution in [0.3, 0.4) is 0 Å². The maximum Gasteiger partial charge on any atom is 0.322 e. The smallest absolute Gasteiger partial charge is 0.322 e. The molecule has 1 aromatic carbocycles. The van der Waals surface area contributed by atoms with Gasteiger partial charge in [-0.25, -0.2) is 18.6 Å². The summed E-state index contributed by atoms with van der Waals surface area (Å²) in [6.07, 6.45) is -0.267. The third-order valence-electron chi connectivity index (χ3n) is 5.40. The zero-order valence-corrected chi connectivity index (χ0v) is 17.5. The molecule has 0 aliphatic carbocycles. The van der Waals surface area contributed by atoms with Gasteiger partial charge in [0, 0.05) is 25.1 Å². The SMILES string of the molecule is C[C@@H]1Cc2nn3c(c2CN1C(=O)Nc1ccc(F)c(Cl)c1F)C(=O)N(C)OC(CO)C3. The maximum absolute atomic E-state index is 14.2. The number of fused-ring (bicyclic) bond motifs is 3. The molecule has 1 aromatic heterocycles. The van der Waals surface area contributed by atoms with E-state index < -0.39 is 34.7 Å². The van der Waals surface area contributed by atoms with Gasteiger partial charge in [-0.3, -0.25) is 14.3 Å². The summed E-state index contributed by atoms with van der Waals surface area (Å²) >= 11 is 5.58. The molecule has 12 heteroatoms. The number of carbonyl (C=O) groups excluding carboxylic acids is 2. The van der Waals surface area contributed by atoms with Crippen LogP contribution in [0.2, 0.25) is 5.02 Å². The fourth-order valence-electron chi connectivity index (χ4n) is 3.79. The largest absolute Gasteiger partial charge is 0.393 e. The Kier molecular flexibility index (Phi) is 5.58. The summed E-state index contributed by atoms with van der Waals surface area (Å²) < 4.78 is 29.1. The fraction of sp³-hybridized carbons (Fsp3) is 0.421. The van der Waals surface area contributed by atoms with Gasteiger partial charge < -0.3 is 15.3 Å². The van der Waals surface area contributed by atoms with Crippen LogP contribution in [0.1, 0.15) is 28.7 Å². The van der Waals surface area contributed by atoms with Crippen LogP contribution < -0.4 is 5.32 Å². The first kappa shape index (κ1) is 21.5. The number of carbonyl (C=O) groups is 2. The molecular formula is C19H20ClF2N5O4. The van der Waals surface area contributed by atoms with Gasteiger partial charge in [-0.05, 0) is 19.1 Å². The van der Waals surface area contributed by atoms with E-state index in [-0.39, 0.29) is 37.1 Å². The summed E-state index contributed by atoms with van der Waals surface area (Å²) in [5.74, 6) is -2.44. The van der Waals surface area contributed by atoms with Gasteiger partial charge in [-0.2, -0.15) is 5.10 Å². The van der Waals surface area contributed by atoms with Crippen molar-refractivity contribution in [3.63, 3.8) is 0 Å². The van der Waals surface area contributed by atoms with Gasteiger partial charge in [0.05, 0.1) is 31.1 Å². The average Bonchev–Trinajstić information content (AvgIpc) is 3.02. The highest BCUT2D eigenvalue weighted by atomic mass is 35.5. The first-order valence-corrected chi connectivity index (χ1v) is 9.94. The minimum Gasteiger partial charge on any atom is -0.393 e. The Labute approximate surface area is 181 Å². The van der Waals surface area contributed by atoms with E-state index in [9.17, 15) is 23.5 Å². The van der Waals surface area contributed by atoms with Crippen molar-refractivity contribution in [1.82, 2.24) is 19.7 Å². The maximum atomic E-state index is 14.2. The number of halogens is 3. The highest BCUT2D eigenvalue weighted by Crippen LogP contribution is 2.30. The highest BCUT2D eigenvalue weighted by Gasteiger charge is 2.37. The van der Waals surface area contributed by atoms with E-state index in [1.807, 2.05) is 0 Å². The predicted octanol–water partition coefficient (Wildman–Crippen LogP) is 2.17. The molecule has 4 rings (SSSR count). The summed E-state index contributed by atoms with van der Waals surface area (Å²) in [5, 5.41) is 16.7. The summed E-state index contributed by atoms with van der Waals surface area (Å²) in [6, 6.07) is 1.12. The van der Waals surface area contributed by atoms with Crippen LogP contribution in [0.5, 0.6) is 0 Å². The molecule has 1 unspecified atom stereocenters. The van der Waals surface area contributed by atoms with Crippen molar-refractivity contribution in [2.24, 2.45) is 0 Å². The van der Waals surface area contributed by atoms with Crippen LogP contribution in [0.25, 0.3) is 0 Å². The van der Waals surface area contributed by atoms with E-state index in [4.69, 9.17) is 16.4 Å². The van der Waals surface area contributed by atoms with E-state index in [2.05, 4.69) is 10.4 Å². The molecule has 0 spiro atoms. The number of nitrogens with one attached hydrogen (secondary N) is 1. The number of hydrogen-bond acceptors (Lipinski definition) is 5. The summed E-state index contributed by atoms with van der Waals surface area (Å²) in [5.41, 5.74) is 1.25. The number of aromatic nitrogens is 2.